The molecule has 0 spiro atoms. The molecule has 0 radical (unpaired) electrons. The van der Waals surface area contributed by atoms with Crippen molar-refractivity contribution in [3.8, 4) is 5.75 Å². The van der Waals surface area contributed by atoms with Crippen LogP contribution in [0.4, 0.5) is 0 Å². The molecule has 0 saturated carbocycles. The van der Waals surface area contributed by atoms with Crippen molar-refractivity contribution in [2.24, 2.45) is 5.10 Å². The summed E-state index contributed by atoms with van der Waals surface area (Å²) in [7, 11) is -3.72. The number of aromatic hydroxyl groups is 1. The minimum Gasteiger partial charge on any atom is -0.508 e. The number of hydrogen-bond acceptors (Lipinski definition) is 5. The summed E-state index contributed by atoms with van der Waals surface area (Å²) in [6.45, 7) is 6.40. The predicted molar refractivity (Wildman–Crippen MR) is 111 cm³/mol. The van der Waals surface area contributed by atoms with Crippen LogP contribution < -0.4 is 4.83 Å². The largest absolute Gasteiger partial charge is 0.508 e. The molecule has 1 aliphatic heterocycles. The van der Waals surface area contributed by atoms with Crippen LogP contribution in [-0.2, 0) is 16.6 Å². The highest BCUT2D eigenvalue weighted by Crippen LogP contribution is 2.22. The summed E-state index contributed by atoms with van der Waals surface area (Å²) in [5.41, 5.74) is 3.13. The lowest BCUT2D eigenvalue weighted by Gasteiger charge is -2.26. The minimum absolute atomic E-state index is 0.172. The van der Waals surface area contributed by atoms with Crippen molar-refractivity contribution < 1.29 is 13.5 Å². The zero-order chi connectivity index (χ0) is 20.1. The number of hydrazone groups is 1. The molecular weight excluding hydrogens is 374 g/mol. The molecule has 2 aromatic carbocycles. The van der Waals surface area contributed by atoms with Crippen molar-refractivity contribution in [2.75, 3.05) is 13.1 Å². The van der Waals surface area contributed by atoms with Gasteiger partial charge in [-0.1, -0.05) is 24.1 Å². The van der Waals surface area contributed by atoms with E-state index < -0.39 is 10.0 Å². The fraction of sp³-hybridized carbons (Fsp3) is 0.381. The number of likely N-dealkylation sites (tertiary alicyclic amines) is 1. The fourth-order valence-electron chi connectivity index (χ4n) is 3.26. The van der Waals surface area contributed by atoms with Crippen molar-refractivity contribution in [1.29, 1.82) is 0 Å². The van der Waals surface area contributed by atoms with E-state index in [1.165, 1.54) is 19.3 Å². The highest BCUT2D eigenvalue weighted by atomic mass is 32.2. The summed E-state index contributed by atoms with van der Waals surface area (Å²) in [5.74, 6) is 0.252. The summed E-state index contributed by atoms with van der Waals surface area (Å²) < 4.78 is 24.8. The van der Waals surface area contributed by atoms with Gasteiger partial charge in [0.25, 0.3) is 10.0 Å². The second-order valence-electron chi connectivity index (χ2n) is 7.29. The van der Waals surface area contributed by atoms with Gasteiger partial charge < -0.3 is 5.11 Å². The van der Waals surface area contributed by atoms with E-state index in [2.05, 4.69) is 14.8 Å². The summed E-state index contributed by atoms with van der Waals surface area (Å²) in [5, 5.41) is 14.3. The Morgan fingerprint density at radius 3 is 2.46 bits per heavy atom. The number of nitrogens with one attached hydrogen (secondary N) is 1. The molecule has 6 nitrogen and oxygen atoms in total. The van der Waals surface area contributed by atoms with Crippen LogP contribution in [0.25, 0.3) is 0 Å². The number of phenols is 1. The minimum atomic E-state index is -3.72. The average Bonchev–Trinajstić information content (AvgIpc) is 2.69. The molecule has 0 bridgehead atoms. The Morgan fingerprint density at radius 1 is 1.11 bits per heavy atom. The number of phenolic OH excluding ortho intramolecular Hbond substituents is 1. The molecule has 2 aromatic rings. The third kappa shape index (κ3) is 5.11. The SMILES string of the molecule is C/C(=N\NS(=O)(=O)c1ccc(C)cc1)c1ccc(O)c(CN2CCCCC2)c1. The molecule has 1 fully saturated rings. The Hall–Kier alpha value is -2.38. The summed E-state index contributed by atoms with van der Waals surface area (Å²) >= 11 is 0. The van der Waals surface area contributed by atoms with Crippen LogP contribution in [0.5, 0.6) is 5.75 Å². The first-order valence-electron chi connectivity index (χ1n) is 9.52. The molecule has 2 N–H and O–H groups in total. The molecule has 0 unspecified atom stereocenters. The normalized spacial score (nSPS) is 16.1. The third-order valence-corrected chi connectivity index (χ3v) is 6.23. The van der Waals surface area contributed by atoms with Gasteiger partial charge in [0.1, 0.15) is 5.75 Å². The number of piperidine rings is 1. The van der Waals surface area contributed by atoms with Gasteiger partial charge in [-0.25, -0.2) is 0 Å². The number of benzene rings is 2. The molecule has 0 aliphatic carbocycles. The van der Waals surface area contributed by atoms with Crippen LogP contribution in [0.1, 0.15) is 42.9 Å². The van der Waals surface area contributed by atoms with Crippen molar-refractivity contribution >= 4 is 15.7 Å². The van der Waals surface area contributed by atoms with E-state index in [0.717, 1.165) is 29.8 Å². The second kappa shape index (κ2) is 8.75. The average molecular weight is 402 g/mol. The fourth-order valence-corrected chi connectivity index (χ4v) is 4.12. The smallest absolute Gasteiger partial charge is 0.276 e. The zero-order valence-corrected chi connectivity index (χ0v) is 17.2. The van der Waals surface area contributed by atoms with Gasteiger partial charge in [-0.2, -0.15) is 18.4 Å². The van der Waals surface area contributed by atoms with Crippen LogP contribution >= 0.6 is 0 Å². The Kier molecular flexibility index (Phi) is 6.36. The standard InChI is InChI=1S/C21H27N3O3S/c1-16-6-9-20(10-7-16)28(26,27)23-22-17(2)18-8-11-21(25)19(14-18)15-24-12-4-3-5-13-24/h6-11,14,23,25H,3-5,12-13,15H2,1-2H3/b22-17+. The summed E-state index contributed by atoms with van der Waals surface area (Å²) in [6.07, 6.45) is 3.62. The van der Waals surface area contributed by atoms with E-state index >= 15 is 0 Å². The first kappa shape index (κ1) is 20.4. The molecule has 1 saturated heterocycles. The zero-order valence-electron chi connectivity index (χ0n) is 16.4. The molecule has 150 valence electrons. The maximum Gasteiger partial charge on any atom is 0.276 e. The van der Waals surface area contributed by atoms with Gasteiger partial charge >= 0.3 is 0 Å². The molecule has 28 heavy (non-hydrogen) atoms. The van der Waals surface area contributed by atoms with Crippen LogP contribution in [0.15, 0.2) is 52.5 Å². The lowest BCUT2D eigenvalue weighted by molar-refractivity contribution is 0.218. The molecular formula is C21H27N3O3S. The quantitative estimate of drug-likeness (QED) is 0.574. The van der Waals surface area contributed by atoms with Gasteiger partial charge in [0.2, 0.25) is 0 Å². The molecule has 1 heterocycles. The topological polar surface area (TPSA) is 82.0 Å². The van der Waals surface area contributed by atoms with Crippen LogP contribution in [0.3, 0.4) is 0 Å². The van der Waals surface area contributed by atoms with Gasteiger partial charge in [-0.3, -0.25) is 4.90 Å². The monoisotopic (exact) mass is 401 g/mol. The molecule has 0 aromatic heterocycles. The Balaban J connectivity index is 1.74. The van der Waals surface area contributed by atoms with Crippen LogP contribution in [-0.4, -0.2) is 37.2 Å². The summed E-state index contributed by atoms with van der Waals surface area (Å²) in [4.78, 5) is 4.80. The molecule has 3 rings (SSSR count). The lowest BCUT2D eigenvalue weighted by Crippen LogP contribution is -2.29. The lowest BCUT2D eigenvalue weighted by atomic mass is 10.0. The maximum absolute atomic E-state index is 12.4. The van der Waals surface area contributed by atoms with E-state index in [9.17, 15) is 13.5 Å². The Bertz CT molecular complexity index is 947. The number of sulfonamides is 1. The van der Waals surface area contributed by atoms with Gasteiger partial charge in [0.15, 0.2) is 0 Å². The van der Waals surface area contributed by atoms with E-state index in [1.807, 2.05) is 13.0 Å². The first-order chi connectivity index (χ1) is 13.3. The van der Waals surface area contributed by atoms with E-state index in [1.54, 1.807) is 43.3 Å². The van der Waals surface area contributed by atoms with E-state index in [0.29, 0.717) is 12.3 Å². The first-order valence-corrected chi connectivity index (χ1v) is 11.0. The van der Waals surface area contributed by atoms with Crippen molar-refractivity contribution in [3.63, 3.8) is 0 Å². The van der Waals surface area contributed by atoms with Crippen molar-refractivity contribution in [2.45, 2.75) is 44.6 Å². The third-order valence-electron chi connectivity index (χ3n) is 5.00. The van der Waals surface area contributed by atoms with Crippen LogP contribution in [0, 0.1) is 6.92 Å². The predicted octanol–water partition coefficient (Wildman–Crippen LogP) is 3.39. The van der Waals surface area contributed by atoms with Gasteiger partial charge in [0, 0.05) is 12.1 Å². The van der Waals surface area contributed by atoms with E-state index in [4.69, 9.17) is 0 Å². The number of hydrogen-bond donors (Lipinski definition) is 2. The number of aryl methyl sites for hydroxylation is 1. The molecule has 1 aliphatic rings. The van der Waals surface area contributed by atoms with Gasteiger partial charge in [-0.15, -0.1) is 0 Å². The summed E-state index contributed by atoms with van der Waals surface area (Å²) in [6, 6.07) is 11.9. The Morgan fingerprint density at radius 2 is 1.79 bits per heavy atom. The molecule has 0 amide bonds. The highest BCUT2D eigenvalue weighted by Gasteiger charge is 2.15. The highest BCUT2D eigenvalue weighted by molar-refractivity contribution is 7.89. The molecule has 7 heteroatoms. The number of rotatable bonds is 6. The molecule has 0 atom stereocenters. The van der Waals surface area contributed by atoms with Crippen LogP contribution in [0.2, 0.25) is 0 Å². The maximum atomic E-state index is 12.4. The Labute approximate surface area is 166 Å². The van der Waals surface area contributed by atoms with Crippen molar-refractivity contribution in [3.05, 3.63) is 59.2 Å². The van der Waals surface area contributed by atoms with Gasteiger partial charge in [0.05, 0.1) is 10.6 Å². The van der Waals surface area contributed by atoms with E-state index in [-0.39, 0.29) is 10.6 Å². The van der Waals surface area contributed by atoms with Crippen molar-refractivity contribution in [1.82, 2.24) is 9.73 Å². The van der Waals surface area contributed by atoms with Gasteiger partial charge in [-0.05, 0) is 75.7 Å². The number of nitrogens with zero attached hydrogens (tertiary/aromatic N) is 2. The second-order valence-corrected chi connectivity index (χ2v) is 8.95.